The Kier molecular flexibility index (Phi) is 14.3. The van der Waals surface area contributed by atoms with Crippen LogP contribution in [0.25, 0.3) is 38.8 Å². The third-order valence-electron chi connectivity index (χ3n) is 18.4. The third-order valence-corrected chi connectivity index (χ3v) is 18.4. The first-order valence-electron chi connectivity index (χ1n) is 28.1. The summed E-state index contributed by atoms with van der Waals surface area (Å²) in [4.78, 5) is 100. The second kappa shape index (κ2) is 20.9. The number of primary amides is 1. The molecule has 0 aromatic heterocycles. The largest absolute Gasteiger partial charge is 0.508 e. The number of nitrogens with zero attached hydrogens (tertiary/aromatic N) is 5. The van der Waals surface area contributed by atoms with Crippen LogP contribution in [-0.2, 0) is 48.2 Å². The van der Waals surface area contributed by atoms with Gasteiger partial charge in [0.05, 0.1) is 17.2 Å². The highest BCUT2D eigenvalue weighted by Gasteiger charge is 2.67. The fourth-order valence-electron chi connectivity index (χ4n) is 14.6. The minimum atomic E-state index is -3.24. The molecule has 1 fully saturated rings. The van der Waals surface area contributed by atoms with E-state index in [9.17, 15) is 50.1 Å². The molecule has 21 nitrogen and oxygen atoms in total. The topological polar surface area (TPSA) is 307 Å². The number of ketones is 4. The van der Waals surface area contributed by atoms with Crippen LogP contribution in [0.5, 0.6) is 11.5 Å². The molecule has 6 aliphatic rings. The fraction of sp³-hybridized carbons (Fsp3) is 0.338. The Labute approximate surface area is 495 Å². The fourth-order valence-corrected chi connectivity index (χ4v) is 14.6. The number of phenolic OH excluding ortho intramolecular Hbond substituents is 2. The van der Waals surface area contributed by atoms with Gasteiger partial charge in [-0.05, 0) is 122 Å². The maximum Gasteiger partial charge on any atom is 0.258 e. The van der Waals surface area contributed by atoms with Gasteiger partial charge >= 0.3 is 0 Å². The van der Waals surface area contributed by atoms with Crippen molar-refractivity contribution in [2.45, 2.75) is 55.5 Å². The zero-order chi connectivity index (χ0) is 62.2. The van der Waals surface area contributed by atoms with Crippen molar-refractivity contribution in [1.82, 2.24) is 20.2 Å². The van der Waals surface area contributed by atoms with E-state index in [1.165, 1.54) is 32.1 Å². The molecule has 0 heterocycles. The van der Waals surface area contributed by atoms with E-state index in [1.54, 1.807) is 67.0 Å². The van der Waals surface area contributed by atoms with Crippen LogP contribution < -0.4 is 16.0 Å². The molecule has 6 aliphatic carbocycles. The number of allylic oxidation sites excluding steroid dienone is 1. The van der Waals surface area contributed by atoms with Gasteiger partial charge in [0.15, 0.2) is 34.3 Å². The van der Waals surface area contributed by atoms with E-state index < -0.39 is 140 Å². The number of aromatic hydroxyl groups is 2. The Balaban J connectivity index is 1.09. The molecule has 5 aromatic rings. The number of hydrogen-bond acceptors (Lipinski definition) is 18. The van der Waals surface area contributed by atoms with E-state index in [-0.39, 0.29) is 41.5 Å². The van der Waals surface area contributed by atoms with Crippen molar-refractivity contribution in [2.75, 3.05) is 68.3 Å². The van der Waals surface area contributed by atoms with Gasteiger partial charge in [-0.1, -0.05) is 54.6 Å². The molecule has 10 N–H and O–H groups in total. The number of anilines is 1. The smallest absolute Gasteiger partial charge is 0.258 e. The summed E-state index contributed by atoms with van der Waals surface area (Å²) in [6.07, 6.45) is -0.760. The molecule has 1 saturated carbocycles. The molecule has 8 atom stereocenters. The van der Waals surface area contributed by atoms with Gasteiger partial charge in [0, 0.05) is 81.1 Å². The van der Waals surface area contributed by atoms with Gasteiger partial charge in [0.1, 0.15) is 59.7 Å². The van der Waals surface area contributed by atoms with Gasteiger partial charge in [-0.25, -0.2) is 4.58 Å². The molecule has 0 spiro atoms. The molecule has 86 heavy (non-hydrogen) atoms. The second-order valence-corrected chi connectivity index (χ2v) is 24.1. The molecule has 21 heteroatoms. The Bertz CT molecular complexity index is 4040. The van der Waals surface area contributed by atoms with E-state index in [0.29, 0.717) is 40.2 Å². The summed E-state index contributed by atoms with van der Waals surface area (Å²) >= 11 is 0. The maximum atomic E-state index is 15.8. The number of aliphatic hydroxyl groups is 5. The minimum Gasteiger partial charge on any atom is -0.508 e. The van der Waals surface area contributed by atoms with E-state index in [0.717, 1.165) is 34.0 Å². The molecule has 446 valence electrons. The van der Waals surface area contributed by atoms with E-state index in [1.807, 2.05) is 55.4 Å². The number of nitrogens with two attached hydrogens (primary N) is 1. The third kappa shape index (κ3) is 8.49. The Hall–Kier alpha value is -8.99. The number of Topliss-reactive ketones (excluding diaryl/α,β-unsaturated/α-hetero) is 4. The Morgan fingerprint density at radius 3 is 1.97 bits per heavy atom. The molecule has 2 amide bonds. The summed E-state index contributed by atoms with van der Waals surface area (Å²) in [5.41, 5.74) is 1.58. The van der Waals surface area contributed by atoms with Crippen LogP contribution in [0.4, 0.5) is 11.4 Å². The minimum absolute atomic E-state index is 0.0342. The highest BCUT2D eigenvalue weighted by Crippen LogP contribution is 2.58. The molecule has 11 rings (SSSR count). The molecule has 0 aliphatic heterocycles. The maximum absolute atomic E-state index is 15.8. The number of hydrogen-bond donors (Lipinski definition) is 9. The number of carbonyl (C=O) groups is 6. The number of fused-ring (bicyclic) bond motifs is 7. The zero-order valence-electron chi connectivity index (χ0n) is 49.0. The van der Waals surface area contributed by atoms with Crippen molar-refractivity contribution in [2.24, 2.45) is 29.4 Å². The second-order valence-electron chi connectivity index (χ2n) is 24.1. The Morgan fingerprint density at radius 1 is 0.721 bits per heavy atom. The molecule has 0 saturated heterocycles. The van der Waals surface area contributed by atoms with Crippen molar-refractivity contribution >= 4 is 69.6 Å². The average molecular weight is 1170 g/mol. The molecule has 0 radical (unpaired) electrons. The Morgan fingerprint density at radius 2 is 1.34 bits per heavy atom. The lowest BCUT2D eigenvalue weighted by Crippen LogP contribution is -2.67. The van der Waals surface area contributed by atoms with Crippen LogP contribution in [0.15, 0.2) is 118 Å². The first-order valence-corrected chi connectivity index (χ1v) is 28.1. The van der Waals surface area contributed by atoms with Crippen molar-refractivity contribution < 1.29 is 73.9 Å². The van der Waals surface area contributed by atoms with Gasteiger partial charge in [-0.3, -0.25) is 33.7 Å². The van der Waals surface area contributed by atoms with Gasteiger partial charge in [0.2, 0.25) is 11.5 Å². The lowest BCUT2D eigenvalue weighted by Gasteiger charge is -2.53. The number of rotatable bonds is 12. The number of likely N-dealkylation sites (N-methyl/N-ethyl adjacent to an activating group) is 3. The number of aliphatic hydroxyl groups excluding tert-OH is 3. The van der Waals surface area contributed by atoms with Crippen molar-refractivity contribution in [1.29, 1.82) is 0 Å². The van der Waals surface area contributed by atoms with Crippen LogP contribution in [0, 0.1) is 23.7 Å². The van der Waals surface area contributed by atoms with E-state index >= 15 is 14.4 Å². The summed E-state index contributed by atoms with van der Waals surface area (Å²) in [6.45, 7) is 4.58. The molecular weight excluding hydrogens is 1100 g/mol. The summed E-state index contributed by atoms with van der Waals surface area (Å²) in [6, 6.07) is 20.1. The molecule has 0 unspecified atom stereocenters. The summed E-state index contributed by atoms with van der Waals surface area (Å²) in [7, 11) is 14.5. The number of amides is 2. The number of hydroxylamine groups is 2. The summed E-state index contributed by atoms with van der Waals surface area (Å²) < 4.78 is 1.62. The average Bonchev–Trinajstić information content (AvgIpc) is 0.725. The lowest BCUT2D eigenvalue weighted by atomic mass is 9.57. The van der Waals surface area contributed by atoms with Gasteiger partial charge in [0.25, 0.3) is 11.8 Å². The van der Waals surface area contributed by atoms with Crippen molar-refractivity contribution in [3.05, 3.63) is 146 Å². The number of nitrogens with one attached hydrogen (secondary N) is 1. The summed E-state index contributed by atoms with van der Waals surface area (Å²) in [5.74, 6) is -17.4. The molecule has 5 aromatic carbocycles. The highest BCUT2D eigenvalue weighted by atomic mass is 16.7. The van der Waals surface area contributed by atoms with E-state index in [2.05, 4.69) is 12.0 Å². The van der Waals surface area contributed by atoms with Crippen LogP contribution in [-0.4, -0.2) is 184 Å². The summed E-state index contributed by atoms with van der Waals surface area (Å²) in [5, 5.41) is 92.6. The molecule has 0 bridgehead atoms. The van der Waals surface area contributed by atoms with Gasteiger partial charge in [-0.2, -0.15) is 0 Å². The normalized spacial score (nSPS) is 25.3. The van der Waals surface area contributed by atoms with Crippen molar-refractivity contribution in [3.63, 3.8) is 0 Å². The first-order chi connectivity index (χ1) is 40.6. The molecular formula is C65H68N7O14+. The van der Waals surface area contributed by atoms with Crippen LogP contribution in [0.3, 0.4) is 0 Å². The van der Waals surface area contributed by atoms with Crippen LogP contribution in [0.1, 0.15) is 45.5 Å². The quantitative estimate of drug-likeness (QED) is 0.0354. The number of phenols is 2. The van der Waals surface area contributed by atoms with E-state index in [4.69, 9.17) is 10.6 Å². The predicted octanol–water partition coefficient (Wildman–Crippen LogP) is 4.69. The van der Waals surface area contributed by atoms with Crippen molar-refractivity contribution in [3.8, 4) is 33.8 Å². The monoisotopic (exact) mass is 1170 g/mol. The van der Waals surface area contributed by atoms with Crippen LogP contribution in [0.2, 0.25) is 0 Å². The SMILES string of the molecule is C=[N+](C)c1cccc(-c2cc(N(C)C)c3c(c2O)C(O)=C2C(=O)[C@]4(O)C(O)=C(C(N)=O)C(=O)[C@@H](N(C)OC5=C6C(=O)c7c(O)ccc(-c8ccc(CN(C)C)c9ccccc89)c7C[C@H]6C[C@H]6[C@@H](N(C)C)C(=O)C(C(=O)NC)=C(O)[C@@]56O)[C@@H]4C[C@@H]2C3)c1. The standard InChI is InChI=1S/C65H67N7O14/c1-67-63(83)50-57(78)51(71(8)9)41-26-32-23-39-37(36-19-18-30(28-68(2)3)34-16-11-12-17-35(34)36)20-21-44(73)47(39)55(76)46(32)61(65(41,85)60(50)81)86-72(10)52-42-25-31-24-40-43(70(6)7)27-38(29-14-13-15-33(22-29)69(4)5)53(74)48(40)54(75)45(31)58(79)64(42,84)59(80)49(56(52)77)62(66)82/h11-22,27,31-32,41-42,51-52,84-85H,4,23-26,28H2,1-3,5-10H3,(H7-,66,67,73,74,75,76,77,78,79,80,81,82,83)/p+1/t31-,32-,41-,42-,51+,52-,64-,65+/m0/s1. The number of carbonyl (C=O) groups excluding carboxylic acids is 6. The lowest BCUT2D eigenvalue weighted by molar-refractivity contribution is -0.394. The first kappa shape index (κ1) is 58.8. The number of benzene rings is 5. The zero-order valence-corrected chi connectivity index (χ0v) is 49.0. The van der Waals surface area contributed by atoms with Gasteiger partial charge < -0.3 is 61.4 Å². The van der Waals surface area contributed by atoms with Crippen LogP contribution >= 0.6 is 0 Å². The highest BCUT2D eigenvalue weighted by molar-refractivity contribution is 6.25. The van der Waals surface area contributed by atoms with Gasteiger partial charge in [-0.15, -0.1) is 5.06 Å². The predicted molar refractivity (Wildman–Crippen MR) is 318 cm³/mol.